The molecule has 0 spiro atoms. The van der Waals surface area contributed by atoms with E-state index in [9.17, 15) is 4.79 Å². The first kappa shape index (κ1) is 16.6. The van der Waals surface area contributed by atoms with Crippen LogP contribution in [0.25, 0.3) is 11.0 Å². The fourth-order valence-corrected chi connectivity index (χ4v) is 4.09. The van der Waals surface area contributed by atoms with Crippen LogP contribution in [-0.2, 0) is 6.54 Å². The van der Waals surface area contributed by atoms with Gasteiger partial charge in [-0.15, -0.1) is 0 Å². The molecule has 128 valence electrons. The number of halogens is 1. The molecule has 0 N–H and O–H groups in total. The van der Waals surface area contributed by atoms with Crippen molar-refractivity contribution < 1.29 is 4.79 Å². The van der Waals surface area contributed by atoms with Crippen molar-refractivity contribution >= 4 is 40.1 Å². The van der Waals surface area contributed by atoms with Crippen molar-refractivity contribution in [3.05, 3.63) is 58.6 Å². The first-order valence-corrected chi connectivity index (χ1v) is 9.53. The number of fused-ring (bicyclic) bond motifs is 1. The summed E-state index contributed by atoms with van der Waals surface area (Å²) in [6, 6.07) is 13.4. The van der Waals surface area contributed by atoms with E-state index < -0.39 is 0 Å². The van der Waals surface area contributed by atoms with Gasteiger partial charge in [0.15, 0.2) is 5.78 Å². The Balaban J connectivity index is 1.45. The third-order valence-electron chi connectivity index (χ3n) is 4.73. The summed E-state index contributed by atoms with van der Waals surface area (Å²) in [5.74, 6) is 0.278. The van der Waals surface area contributed by atoms with E-state index in [1.165, 1.54) is 17.3 Å². The highest BCUT2D eigenvalue weighted by Gasteiger charge is 2.26. The lowest BCUT2D eigenvalue weighted by atomic mass is 9.90. The number of ketones is 1. The first-order valence-electron chi connectivity index (χ1n) is 8.42. The van der Waals surface area contributed by atoms with Crippen LogP contribution in [0.5, 0.6) is 0 Å². The summed E-state index contributed by atoms with van der Waals surface area (Å²) < 4.78 is 8.55. The molecule has 2 heterocycles. The number of hydrogen-bond acceptors (Lipinski definition) is 5. The number of rotatable bonds is 4. The average molecular weight is 372 g/mol. The molecule has 4 rings (SSSR count). The number of carbonyl (C=O) groups is 1. The van der Waals surface area contributed by atoms with E-state index in [4.69, 9.17) is 11.6 Å². The van der Waals surface area contributed by atoms with Gasteiger partial charge in [-0.3, -0.25) is 9.69 Å². The highest BCUT2D eigenvalue weighted by Crippen LogP contribution is 2.24. The van der Waals surface area contributed by atoms with Crippen LogP contribution in [0.4, 0.5) is 0 Å². The van der Waals surface area contributed by atoms with Gasteiger partial charge < -0.3 is 0 Å². The molecule has 0 radical (unpaired) electrons. The van der Waals surface area contributed by atoms with Crippen molar-refractivity contribution in [1.82, 2.24) is 13.6 Å². The first-order chi connectivity index (χ1) is 12.2. The van der Waals surface area contributed by atoms with E-state index in [-0.39, 0.29) is 11.7 Å². The summed E-state index contributed by atoms with van der Waals surface area (Å²) in [5, 5.41) is 0.661. The maximum absolute atomic E-state index is 12.8. The lowest BCUT2D eigenvalue weighted by Crippen LogP contribution is -2.38. The number of aromatic nitrogens is 2. The Kier molecular flexibility index (Phi) is 4.79. The molecule has 0 aliphatic carbocycles. The minimum absolute atomic E-state index is 0.0552. The van der Waals surface area contributed by atoms with Gasteiger partial charge in [0.2, 0.25) is 0 Å². The van der Waals surface area contributed by atoms with E-state index in [0.29, 0.717) is 5.02 Å². The second kappa shape index (κ2) is 7.20. The zero-order chi connectivity index (χ0) is 17.2. The molecule has 0 bridgehead atoms. The van der Waals surface area contributed by atoms with Crippen molar-refractivity contribution in [3.8, 4) is 0 Å². The topological polar surface area (TPSA) is 46.1 Å². The molecule has 1 aromatic heterocycles. The summed E-state index contributed by atoms with van der Waals surface area (Å²) in [4.78, 5) is 15.1. The van der Waals surface area contributed by atoms with Crippen LogP contribution in [0.2, 0.25) is 5.02 Å². The third kappa shape index (κ3) is 3.73. The Labute approximate surface area is 155 Å². The smallest absolute Gasteiger partial charge is 0.167 e. The van der Waals surface area contributed by atoms with E-state index in [1.807, 2.05) is 18.2 Å². The molecule has 1 aliphatic heterocycles. The van der Waals surface area contributed by atoms with Gasteiger partial charge in [0.1, 0.15) is 11.0 Å². The van der Waals surface area contributed by atoms with Crippen LogP contribution < -0.4 is 0 Å². The lowest BCUT2D eigenvalue weighted by molar-refractivity contribution is 0.0811. The van der Waals surface area contributed by atoms with E-state index in [1.54, 1.807) is 12.1 Å². The van der Waals surface area contributed by atoms with Crippen molar-refractivity contribution in [2.45, 2.75) is 19.4 Å². The van der Waals surface area contributed by atoms with Crippen molar-refractivity contribution in [3.63, 3.8) is 0 Å². The normalized spacial score (nSPS) is 18.5. The SMILES string of the molecule is O=C(c1ccc(Cl)cc1)C1CCCN(Cc2ccc3nsnc3c2)C1. The number of hydrogen-bond donors (Lipinski definition) is 0. The Hall–Kier alpha value is -1.82. The lowest BCUT2D eigenvalue weighted by Gasteiger charge is -2.32. The highest BCUT2D eigenvalue weighted by atomic mass is 35.5. The van der Waals surface area contributed by atoms with Gasteiger partial charge in [0.25, 0.3) is 0 Å². The quantitative estimate of drug-likeness (QED) is 0.636. The number of nitrogens with zero attached hydrogens (tertiary/aromatic N) is 3. The standard InChI is InChI=1S/C19H18ClN3OS/c20-16-6-4-14(5-7-16)19(24)15-2-1-9-23(12-15)11-13-3-8-17-18(10-13)22-25-21-17/h3-8,10,15H,1-2,9,11-12H2. The number of likely N-dealkylation sites (tertiary alicyclic amines) is 1. The van der Waals surface area contributed by atoms with Crippen molar-refractivity contribution in [2.75, 3.05) is 13.1 Å². The van der Waals surface area contributed by atoms with Crippen molar-refractivity contribution in [1.29, 1.82) is 0 Å². The second-order valence-electron chi connectivity index (χ2n) is 6.53. The van der Waals surface area contributed by atoms with Gasteiger partial charge in [-0.2, -0.15) is 8.75 Å². The third-order valence-corrected chi connectivity index (χ3v) is 5.54. The van der Waals surface area contributed by atoms with Crippen LogP contribution in [0, 0.1) is 5.92 Å². The molecule has 1 aliphatic rings. The van der Waals surface area contributed by atoms with E-state index >= 15 is 0 Å². The van der Waals surface area contributed by atoms with E-state index in [2.05, 4.69) is 25.8 Å². The molecule has 1 unspecified atom stereocenters. The minimum atomic E-state index is 0.0552. The van der Waals surface area contributed by atoms with Gasteiger partial charge in [0, 0.05) is 29.6 Å². The van der Waals surface area contributed by atoms with Gasteiger partial charge in [-0.1, -0.05) is 17.7 Å². The molecule has 6 heteroatoms. The van der Waals surface area contributed by atoms with Crippen LogP contribution >= 0.6 is 23.3 Å². The zero-order valence-corrected chi connectivity index (χ0v) is 15.3. The van der Waals surface area contributed by atoms with Gasteiger partial charge in [-0.25, -0.2) is 0 Å². The van der Waals surface area contributed by atoms with Crippen LogP contribution in [-0.4, -0.2) is 32.5 Å². The van der Waals surface area contributed by atoms with E-state index in [0.717, 1.165) is 49.1 Å². The maximum atomic E-state index is 12.8. The van der Waals surface area contributed by atoms with Crippen LogP contribution in [0.3, 0.4) is 0 Å². The summed E-state index contributed by atoms with van der Waals surface area (Å²) >= 11 is 7.16. The van der Waals surface area contributed by atoms with Gasteiger partial charge in [0.05, 0.1) is 11.7 Å². The summed E-state index contributed by atoms with van der Waals surface area (Å²) in [6.45, 7) is 2.67. The highest BCUT2D eigenvalue weighted by molar-refractivity contribution is 7.00. The van der Waals surface area contributed by atoms with Crippen LogP contribution in [0.1, 0.15) is 28.8 Å². The Bertz CT molecular complexity index is 893. The zero-order valence-electron chi connectivity index (χ0n) is 13.7. The molecule has 0 saturated carbocycles. The molecule has 2 aromatic carbocycles. The maximum Gasteiger partial charge on any atom is 0.167 e. The minimum Gasteiger partial charge on any atom is -0.298 e. The molecule has 1 fully saturated rings. The van der Waals surface area contributed by atoms with Crippen molar-refractivity contribution in [2.24, 2.45) is 5.92 Å². The van der Waals surface area contributed by atoms with Gasteiger partial charge >= 0.3 is 0 Å². The van der Waals surface area contributed by atoms with Crippen LogP contribution in [0.15, 0.2) is 42.5 Å². The molecule has 1 saturated heterocycles. The number of benzene rings is 2. The monoisotopic (exact) mass is 371 g/mol. The fraction of sp³-hybridized carbons (Fsp3) is 0.316. The Morgan fingerprint density at radius 3 is 2.80 bits per heavy atom. The molecule has 0 amide bonds. The van der Waals surface area contributed by atoms with Gasteiger partial charge in [-0.05, 0) is 61.3 Å². The summed E-state index contributed by atoms with van der Waals surface area (Å²) in [5.41, 5.74) is 3.88. The number of piperidine rings is 1. The summed E-state index contributed by atoms with van der Waals surface area (Å²) in [7, 11) is 0. The predicted octanol–water partition coefficient (Wildman–Crippen LogP) is 4.44. The fourth-order valence-electron chi connectivity index (χ4n) is 3.45. The number of Topliss-reactive ketones (excluding diaryl/α,β-unsaturated/α-hetero) is 1. The summed E-state index contributed by atoms with van der Waals surface area (Å²) in [6.07, 6.45) is 2.00. The number of carbonyl (C=O) groups excluding carboxylic acids is 1. The Morgan fingerprint density at radius 1 is 1.16 bits per heavy atom. The molecule has 25 heavy (non-hydrogen) atoms. The molecule has 3 aromatic rings. The molecular weight excluding hydrogens is 354 g/mol. The second-order valence-corrected chi connectivity index (χ2v) is 7.50. The molecule has 4 nitrogen and oxygen atoms in total. The predicted molar refractivity (Wildman–Crippen MR) is 101 cm³/mol. The molecular formula is C19H18ClN3OS. The average Bonchev–Trinajstić information content (AvgIpc) is 3.10. The molecule has 1 atom stereocenters. The Morgan fingerprint density at radius 2 is 1.96 bits per heavy atom. The largest absolute Gasteiger partial charge is 0.298 e.